The Balaban J connectivity index is 1.42. The van der Waals surface area contributed by atoms with E-state index in [-0.39, 0.29) is 0 Å². The second kappa shape index (κ2) is 8.97. The van der Waals surface area contributed by atoms with Crippen LogP contribution in [0.1, 0.15) is 11.4 Å². The van der Waals surface area contributed by atoms with Gasteiger partial charge in [-0.25, -0.2) is 4.68 Å². The maximum atomic E-state index is 12.5. The Morgan fingerprint density at radius 1 is 0.862 bits per heavy atom. The van der Waals surface area contributed by atoms with Crippen molar-refractivity contribution in [2.75, 3.05) is 17.3 Å². The Labute approximate surface area is 168 Å². The molecule has 4 rings (SSSR count). The van der Waals surface area contributed by atoms with E-state index in [9.17, 15) is 4.39 Å². The standard InChI is InChI=1S/C22H21FN6/c23-11-9-18-13-19(10-12-24-18)25-15-21-16-29(28-27-21)22-8-4-7-20(14-22)26-17-5-2-1-3-6-17/h1-8,10,12-14,16,26H,9,11,15H2,(H,24,25). The first-order valence-electron chi connectivity index (χ1n) is 9.39. The van der Waals surface area contributed by atoms with Gasteiger partial charge in [0.05, 0.1) is 25.1 Å². The molecular formula is C22H21FN6. The fourth-order valence-corrected chi connectivity index (χ4v) is 2.93. The van der Waals surface area contributed by atoms with Crippen molar-refractivity contribution in [1.82, 2.24) is 20.0 Å². The number of pyridine rings is 1. The van der Waals surface area contributed by atoms with Crippen molar-refractivity contribution in [2.45, 2.75) is 13.0 Å². The molecule has 0 saturated heterocycles. The third-order valence-electron chi connectivity index (χ3n) is 4.35. The molecule has 0 saturated carbocycles. The lowest BCUT2D eigenvalue weighted by Gasteiger charge is -2.08. The highest BCUT2D eigenvalue weighted by atomic mass is 19.1. The molecule has 0 unspecified atom stereocenters. The number of rotatable bonds is 8. The molecule has 2 N–H and O–H groups in total. The molecule has 146 valence electrons. The number of para-hydroxylation sites is 1. The molecule has 0 bridgehead atoms. The number of hydrogen-bond donors (Lipinski definition) is 2. The molecular weight excluding hydrogens is 367 g/mol. The summed E-state index contributed by atoms with van der Waals surface area (Å²) in [4.78, 5) is 4.15. The van der Waals surface area contributed by atoms with Gasteiger partial charge in [0, 0.05) is 35.4 Å². The number of benzene rings is 2. The van der Waals surface area contributed by atoms with Crippen LogP contribution in [-0.4, -0.2) is 26.7 Å². The average Bonchev–Trinajstić information content (AvgIpc) is 3.23. The molecule has 0 aliphatic heterocycles. The predicted octanol–water partition coefficient (Wildman–Crippen LogP) is 4.53. The maximum absolute atomic E-state index is 12.5. The first-order chi connectivity index (χ1) is 14.3. The summed E-state index contributed by atoms with van der Waals surface area (Å²) in [5.74, 6) is 0. The molecule has 0 atom stereocenters. The number of halogens is 1. The van der Waals surface area contributed by atoms with Crippen LogP contribution in [0.3, 0.4) is 0 Å². The largest absolute Gasteiger partial charge is 0.379 e. The highest BCUT2D eigenvalue weighted by Gasteiger charge is 2.05. The fraction of sp³-hybridized carbons (Fsp3) is 0.136. The second-order valence-corrected chi connectivity index (χ2v) is 6.52. The molecule has 4 aromatic rings. The van der Waals surface area contributed by atoms with Gasteiger partial charge in [-0.05, 0) is 42.5 Å². The normalized spacial score (nSPS) is 10.7. The van der Waals surface area contributed by atoms with E-state index in [0.717, 1.165) is 34.1 Å². The summed E-state index contributed by atoms with van der Waals surface area (Å²) in [5.41, 5.74) is 5.32. The van der Waals surface area contributed by atoms with Gasteiger partial charge in [-0.3, -0.25) is 9.37 Å². The van der Waals surface area contributed by atoms with Crippen LogP contribution in [0, 0.1) is 0 Å². The van der Waals surface area contributed by atoms with Gasteiger partial charge >= 0.3 is 0 Å². The van der Waals surface area contributed by atoms with Crippen LogP contribution in [-0.2, 0) is 13.0 Å². The zero-order valence-corrected chi connectivity index (χ0v) is 15.8. The maximum Gasteiger partial charge on any atom is 0.102 e. The number of aryl methyl sites for hydroxylation is 1. The first-order valence-corrected chi connectivity index (χ1v) is 9.39. The molecule has 0 fully saturated rings. The zero-order valence-electron chi connectivity index (χ0n) is 15.8. The molecule has 29 heavy (non-hydrogen) atoms. The summed E-state index contributed by atoms with van der Waals surface area (Å²) in [6, 6.07) is 21.7. The first kappa shape index (κ1) is 18.6. The van der Waals surface area contributed by atoms with Crippen LogP contribution in [0.2, 0.25) is 0 Å². The quantitative estimate of drug-likeness (QED) is 0.464. The summed E-state index contributed by atoms with van der Waals surface area (Å²) < 4.78 is 14.2. The average molecular weight is 388 g/mol. The molecule has 2 aromatic carbocycles. The van der Waals surface area contributed by atoms with Crippen molar-refractivity contribution in [3.63, 3.8) is 0 Å². The summed E-state index contributed by atoms with van der Waals surface area (Å²) in [6.45, 7) is 0.101. The van der Waals surface area contributed by atoms with E-state index >= 15 is 0 Å². The zero-order chi connectivity index (χ0) is 19.9. The summed E-state index contributed by atoms with van der Waals surface area (Å²) in [6.07, 6.45) is 3.88. The van der Waals surface area contributed by atoms with Gasteiger partial charge in [0.15, 0.2) is 0 Å². The lowest BCUT2D eigenvalue weighted by atomic mass is 10.2. The van der Waals surface area contributed by atoms with E-state index in [1.807, 2.05) is 72.9 Å². The Hall–Kier alpha value is -3.74. The van der Waals surface area contributed by atoms with E-state index < -0.39 is 6.67 Å². The molecule has 7 heteroatoms. The molecule has 0 aliphatic carbocycles. The van der Waals surface area contributed by atoms with Crippen LogP contribution in [0.4, 0.5) is 21.5 Å². The molecule has 0 radical (unpaired) electrons. The summed E-state index contributed by atoms with van der Waals surface area (Å²) in [5, 5.41) is 15.1. The highest BCUT2D eigenvalue weighted by molar-refractivity contribution is 5.61. The van der Waals surface area contributed by atoms with Gasteiger partial charge < -0.3 is 10.6 Å². The van der Waals surface area contributed by atoms with Crippen LogP contribution >= 0.6 is 0 Å². The highest BCUT2D eigenvalue weighted by Crippen LogP contribution is 2.19. The number of alkyl halides is 1. The van der Waals surface area contributed by atoms with Crippen LogP contribution in [0.5, 0.6) is 0 Å². The van der Waals surface area contributed by atoms with Gasteiger partial charge in [-0.2, -0.15) is 0 Å². The van der Waals surface area contributed by atoms with Crippen LogP contribution in [0.25, 0.3) is 5.69 Å². The molecule has 2 heterocycles. The minimum atomic E-state index is -0.414. The summed E-state index contributed by atoms with van der Waals surface area (Å²) in [7, 11) is 0. The van der Waals surface area contributed by atoms with E-state index in [1.165, 1.54) is 0 Å². The number of aromatic nitrogens is 4. The number of anilines is 3. The van der Waals surface area contributed by atoms with Crippen molar-refractivity contribution in [3.8, 4) is 5.69 Å². The fourth-order valence-electron chi connectivity index (χ4n) is 2.93. The molecule has 0 spiro atoms. The predicted molar refractivity (Wildman–Crippen MR) is 112 cm³/mol. The van der Waals surface area contributed by atoms with Gasteiger partial charge in [-0.1, -0.05) is 29.5 Å². The lowest BCUT2D eigenvalue weighted by molar-refractivity contribution is 0.492. The second-order valence-electron chi connectivity index (χ2n) is 6.52. The van der Waals surface area contributed by atoms with E-state index in [1.54, 1.807) is 10.9 Å². The minimum absolute atomic E-state index is 0.319. The molecule has 2 aromatic heterocycles. The van der Waals surface area contributed by atoms with Crippen LogP contribution in [0.15, 0.2) is 79.1 Å². The number of nitrogens with one attached hydrogen (secondary N) is 2. The van der Waals surface area contributed by atoms with Gasteiger partial charge in [0.25, 0.3) is 0 Å². The van der Waals surface area contributed by atoms with E-state index in [0.29, 0.717) is 13.0 Å². The third kappa shape index (κ3) is 4.95. The topological polar surface area (TPSA) is 67.7 Å². The van der Waals surface area contributed by atoms with Crippen molar-refractivity contribution < 1.29 is 4.39 Å². The lowest BCUT2D eigenvalue weighted by Crippen LogP contribution is -2.01. The smallest absolute Gasteiger partial charge is 0.102 e. The van der Waals surface area contributed by atoms with E-state index in [4.69, 9.17) is 0 Å². The Kier molecular flexibility index (Phi) is 5.76. The van der Waals surface area contributed by atoms with Crippen molar-refractivity contribution >= 4 is 17.1 Å². The van der Waals surface area contributed by atoms with Gasteiger partial charge in [0.2, 0.25) is 0 Å². The van der Waals surface area contributed by atoms with Gasteiger partial charge in [-0.15, -0.1) is 5.10 Å². The minimum Gasteiger partial charge on any atom is -0.379 e. The Morgan fingerprint density at radius 3 is 2.59 bits per heavy atom. The molecule has 0 aliphatic rings. The number of hydrogen-bond acceptors (Lipinski definition) is 5. The monoisotopic (exact) mass is 388 g/mol. The SMILES string of the molecule is FCCc1cc(NCc2cn(-c3cccc(Nc4ccccc4)c3)nn2)ccn1. The molecule has 0 amide bonds. The van der Waals surface area contributed by atoms with Crippen molar-refractivity contribution in [1.29, 1.82) is 0 Å². The molecule has 6 nitrogen and oxygen atoms in total. The Morgan fingerprint density at radius 2 is 1.72 bits per heavy atom. The third-order valence-corrected chi connectivity index (χ3v) is 4.35. The van der Waals surface area contributed by atoms with E-state index in [2.05, 4.69) is 25.9 Å². The summed E-state index contributed by atoms with van der Waals surface area (Å²) >= 11 is 0. The van der Waals surface area contributed by atoms with Crippen LogP contribution < -0.4 is 10.6 Å². The van der Waals surface area contributed by atoms with Crippen molar-refractivity contribution in [3.05, 3.63) is 90.5 Å². The van der Waals surface area contributed by atoms with Crippen molar-refractivity contribution in [2.24, 2.45) is 0 Å². The van der Waals surface area contributed by atoms with Gasteiger partial charge in [0.1, 0.15) is 5.69 Å². The number of nitrogens with zero attached hydrogens (tertiary/aromatic N) is 4. The Bertz CT molecular complexity index is 1060.